The fourth-order valence-corrected chi connectivity index (χ4v) is 6.41. The zero-order chi connectivity index (χ0) is 31.6. The molecule has 0 bridgehead atoms. The molecule has 1 aliphatic rings. The Kier molecular flexibility index (Phi) is 7.56. The standard InChI is InChI=1S/C44H31FN2/c45-37-15-9-14-36(28-37)32-18-22-33(23-19-32)38-26-27-41(40-17-8-7-16-39(38)40)43-29-42(46-44(47-43)35-12-5-2-6-13-35)34-24-20-31(21-25-34)30-10-3-1-4-11-30/h1-5,7-12,14-29H,6,13H2. The van der Waals surface area contributed by atoms with Gasteiger partial charge in [-0.1, -0.05) is 146 Å². The van der Waals surface area contributed by atoms with Crippen LogP contribution in [0.4, 0.5) is 4.39 Å². The summed E-state index contributed by atoms with van der Waals surface area (Å²) in [6, 6.07) is 49.2. The number of benzene rings is 6. The maximum atomic E-state index is 13.9. The van der Waals surface area contributed by atoms with Crippen molar-refractivity contribution in [2.75, 3.05) is 0 Å². The number of fused-ring (bicyclic) bond motifs is 1. The van der Waals surface area contributed by atoms with Crippen LogP contribution in [0.5, 0.6) is 0 Å². The molecule has 2 nitrogen and oxygen atoms in total. The predicted octanol–water partition coefficient (Wildman–Crippen LogP) is 11.8. The van der Waals surface area contributed by atoms with Gasteiger partial charge >= 0.3 is 0 Å². The van der Waals surface area contributed by atoms with Crippen molar-refractivity contribution < 1.29 is 4.39 Å². The Morgan fingerprint density at radius 2 is 1.06 bits per heavy atom. The Hall–Kier alpha value is -5.93. The molecule has 0 amide bonds. The second-order valence-corrected chi connectivity index (χ2v) is 11.9. The van der Waals surface area contributed by atoms with Gasteiger partial charge in [0.05, 0.1) is 11.4 Å². The quantitative estimate of drug-likeness (QED) is 0.188. The molecule has 1 aliphatic carbocycles. The molecule has 0 saturated heterocycles. The maximum Gasteiger partial charge on any atom is 0.156 e. The Labute approximate surface area is 274 Å². The third kappa shape index (κ3) is 5.80. The highest BCUT2D eigenvalue weighted by Gasteiger charge is 2.16. The largest absolute Gasteiger partial charge is 0.228 e. The van der Waals surface area contributed by atoms with Crippen LogP contribution in [0, 0.1) is 5.82 Å². The lowest BCUT2D eigenvalue weighted by molar-refractivity contribution is 0.628. The van der Waals surface area contributed by atoms with Crippen LogP contribution < -0.4 is 0 Å². The van der Waals surface area contributed by atoms with Gasteiger partial charge in [0.2, 0.25) is 0 Å². The zero-order valence-electron chi connectivity index (χ0n) is 25.8. The smallest absolute Gasteiger partial charge is 0.156 e. The van der Waals surface area contributed by atoms with Crippen LogP contribution in [0.2, 0.25) is 0 Å². The van der Waals surface area contributed by atoms with Crippen molar-refractivity contribution in [2.24, 2.45) is 0 Å². The zero-order valence-corrected chi connectivity index (χ0v) is 25.8. The van der Waals surface area contributed by atoms with Crippen molar-refractivity contribution in [3.05, 3.63) is 175 Å². The van der Waals surface area contributed by atoms with Gasteiger partial charge in [-0.3, -0.25) is 0 Å². The van der Waals surface area contributed by atoms with E-state index in [1.54, 1.807) is 12.1 Å². The van der Waals surface area contributed by atoms with Crippen molar-refractivity contribution >= 4 is 16.3 Å². The Balaban J connectivity index is 1.22. The Bertz CT molecular complexity index is 2280. The average molecular weight is 607 g/mol. The van der Waals surface area contributed by atoms with Crippen LogP contribution >= 0.6 is 0 Å². The normalized spacial score (nSPS) is 12.7. The van der Waals surface area contributed by atoms with Crippen LogP contribution in [-0.2, 0) is 0 Å². The van der Waals surface area contributed by atoms with Gasteiger partial charge in [0, 0.05) is 11.1 Å². The second kappa shape index (κ2) is 12.5. The average Bonchev–Trinajstić information content (AvgIpc) is 3.15. The third-order valence-electron chi connectivity index (χ3n) is 8.87. The number of hydrogen-bond acceptors (Lipinski definition) is 2. The fraction of sp³-hybridized carbons (Fsp3) is 0.0455. The molecule has 1 aromatic heterocycles. The first-order valence-electron chi connectivity index (χ1n) is 16.0. The van der Waals surface area contributed by atoms with E-state index >= 15 is 0 Å². The Morgan fingerprint density at radius 3 is 1.79 bits per heavy atom. The van der Waals surface area contributed by atoms with Crippen molar-refractivity contribution in [1.82, 2.24) is 9.97 Å². The van der Waals surface area contributed by atoms with Crippen LogP contribution in [-0.4, -0.2) is 9.97 Å². The molecular formula is C44H31FN2. The number of nitrogens with zero attached hydrogens (tertiary/aromatic N) is 2. The van der Waals surface area contributed by atoms with E-state index in [1.165, 1.54) is 17.2 Å². The second-order valence-electron chi connectivity index (χ2n) is 11.9. The predicted molar refractivity (Wildman–Crippen MR) is 193 cm³/mol. The van der Waals surface area contributed by atoms with Gasteiger partial charge in [-0.2, -0.15) is 0 Å². The minimum atomic E-state index is -0.232. The number of rotatable bonds is 6. The van der Waals surface area contributed by atoms with E-state index in [1.807, 2.05) is 12.1 Å². The summed E-state index contributed by atoms with van der Waals surface area (Å²) in [7, 11) is 0. The molecule has 0 spiro atoms. The van der Waals surface area contributed by atoms with Crippen molar-refractivity contribution in [3.8, 4) is 55.9 Å². The number of hydrogen-bond donors (Lipinski definition) is 0. The molecule has 0 fully saturated rings. The van der Waals surface area contributed by atoms with Crippen molar-refractivity contribution in [1.29, 1.82) is 0 Å². The van der Waals surface area contributed by atoms with E-state index in [9.17, 15) is 4.39 Å². The lowest BCUT2D eigenvalue weighted by Gasteiger charge is -2.15. The molecule has 0 unspecified atom stereocenters. The minimum Gasteiger partial charge on any atom is -0.228 e. The van der Waals surface area contributed by atoms with Crippen LogP contribution in [0.15, 0.2) is 164 Å². The van der Waals surface area contributed by atoms with Crippen molar-refractivity contribution in [2.45, 2.75) is 12.8 Å². The lowest BCUT2D eigenvalue weighted by Crippen LogP contribution is -2.01. The molecule has 0 radical (unpaired) electrons. The molecule has 0 saturated carbocycles. The summed E-state index contributed by atoms with van der Waals surface area (Å²) in [6.07, 6.45) is 8.33. The number of halogens is 1. The lowest BCUT2D eigenvalue weighted by atomic mass is 9.92. The summed E-state index contributed by atoms with van der Waals surface area (Å²) in [5, 5.41) is 2.28. The summed E-state index contributed by atoms with van der Waals surface area (Å²) < 4.78 is 13.9. The van der Waals surface area contributed by atoms with E-state index in [0.29, 0.717) is 0 Å². The van der Waals surface area contributed by atoms with Crippen LogP contribution in [0.3, 0.4) is 0 Å². The van der Waals surface area contributed by atoms with E-state index < -0.39 is 0 Å². The monoisotopic (exact) mass is 606 g/mol. The topological polar surface area (TPSA) is 25.8 Å². The molecule has 6 aromatic carbocycles. The van der Waals surface area contributed by atoms with E-state index in [2.05, 4.69) is 133 Å². The molecule has 1 heterocycles. The van der Waals surface area contributed by atoms with Gasteiger partial charge in [-0.05, 0) is 80.8 Å². The molecule has 7 aromatic rings. The highest BCUT2D eigenvalue weighted by Crippen LogP contribution is 2.38. The van der Waals surface area contributed by atoms with Gasteiger partial charge in [-0.15, -0.1) is 0 Å². The maximum absolute atomic E-state index is 13.9. The molecule has 0 N–H and O–H groups in total. The Morgan fingerprint density at radius 1 is 0.468 bits per heavy atom. The van der Waals surface area contributed by atoms with Crippen molar-refractivity contribution in [3.63, 3.8) is 0 Å². The van der Waals surface area contributed by atoms with Gasteiger partial charge in [0.15, 0.2) is 5.82 Å². The first-order valence-corrected chi connectivity index (χ1v) is 16.0. The summed E-state index contributed by atoms with van der Waals surface area (Å²) in [6.45, 7) is 0. The highest BCUT2D eigenvalue weighted by atomic mass is 19.1. The van der Waals surface area contributed by atoms with E-state index in [4.69, 9.17) is 9.97 Å². The first-order chi connectivity index (χ1) is 23.2. The summed E-state index contributed by atoms with van der Waals surface area (Å²) in [4.78, 5) is 10.3. The molecule has 0 aliphatic heterocycles. The fourth-order valence-electron chi connectivity index (χ4n) is 6.41. The SMILES string of the molecule is Fc1cccc(-c2ccc(-c3ccc(-c4cc(-c5ccc(-c6ccccc6)cc5)nc(C5=CC=CCC5)n4)c4ccccc34)cc2)c1. The molecule has 224 valence electrons. The van der Waals surface area contributed by atoms with E-state index in [-0.39, 0.29) is 5.82 Å². The van der Waals surface area contributed by atoms with Crippen LogP contribution in [0.1, 0.15) is 18.7 Å². The van der Waals surface area contributed by atoms with Gasteiger partial charge in [-0.25, -0.2) is 14.4 Å². The van der Waals surface area contributed by atoms with Crippen LogP contribution in [0.25, 0.3) is 72.2 Å². The minimum absolute atomic E-state index is 0.232. The molecule has 3 heteroatoms. The number of aromatic nitrogens is 2. The summed E-state index contributed by atoms with van der Waals surface area (Å²) in [5.41, 5.74) is 11.5. The first kappa shape index (κ1) is 28.5. The van der Waals surface area contributed by atoms with E-state index in [0.717, 1.165) is 79.8 Å². The van der Waals surface area contributed by atoms with Gasteiger partial charge in [0.25, 0.3) is 0 Å². The number of allylic oxidation sites excluding steroid dienone is 4. The third-order valence-corrected chi connectivity index (χ3v) is 8.87. The molecule has 0 atom stereocenters. The summed E-state index contributed by atoms with van der Waals surface area (Å²) in [5.74, 6) is 0.541. The van der Waals surface area contributed by atoms with Gasteiger partial charge < -0.3 is 0 Å². The van der Waals surface area contributed by atoms with Gasteiger partial charge in [0.1, 0.15) is 5.82 Å². The molecule has 8 rings (SSSR count). The highest BCUT2D eigenvalue weighted by molar-refractivity contribution is 6.04. The molecular weight excluding hydrogens is 575 g/mol. The molecule has 47 heavy (non-hydrogen) atoms. The summed E-state index contributed by atoms with van der Waals surface area (Å²) >= 11 is 0.